The van der Waals surface area contributed by atoms with Gasteiger partial charge in [-0.3, -0.25) is 0 Å². The van der Waals surface area contributed by atoms with Gasteiger partial charge in [0.05, 0.1) is 9.13 Å². The Labute approximate surface area is 81.5 Å². The molecule has 0 saturated carbocycles. The maximum Gasteiger partial charge on any atom is 0.336 e. The van der Waals surface area contributed by atoms with Gasteiger partial charge in [0.1, 0.15) is 5.82 Å². The first-order valence-electron chi connectivity index (χ1n) is 3.00. The quantitative estimate of drug-likeness (QED) is 0.608. The Balaban J connectivity index is 3.37. The second kappa shape index (κ2) is 3.26. The first kappa shape index (κ1) is 9.24. The molecule has 0 aliphatic carbocycles. The number of nitrogen functional groups attached to an aromatic ring is 1. The minimum Gasteiger partial charge on any atom is -0.478 e. The fourth-order valence-corrected chi connectivity index (χ4v) is 1.31. The fraction of sp³-hybridized carbons (Fsp3) is 0. The summed E-state index contributed by atoms with van der Waals surface area (Å²) < 4.78 is 13.0. The number of carboxylic acid groups (broad SMARTS) is 1. The standard InChI is InChI=1S/C7H5FINO2/c8-3-1-4(7(11)12)6(9)5(10)2-3/h1-2H,10H2,(H,11,12). The predicted molar refractivity (Wildman–Crippen MR) is 50.5 cm³/mol. The molecule has 0 saturated heterocycles. The zero-order chi connectivity index (χ0) is 9.30. The molecule has 0 aliphatic heterocycles. The van der Waals surface area contributed by atoms with E-state index >= 15 is 0 Å². The number of aromatic carboxylic acids is 1. The van der Waals surface area contributed by atoms with E-state index in [4.69, 9.17) is 10.8 Å². The highest BCUT2D eigenvalue weighted by atomic mass is 127. The van der Waals surface area contributed by atoms with Crippen LogP contribution in [0.4, 0.5) is 10.1 Å². The molecule has 0 bridgehead atoms. The molecule has 0 amide bonds. The minimum absolute atomic E-state index is 0.104. The Morgan fingerprint density at radius 2 is 2.17 bits per heavy atom. The average molecular weight is 281 g/mol. The molecule has 0 spiro atoms. The highest BCUT2D eigenvalue weighted by Gasteiger charge is 2.12. The lowest BCUT2D eigenvalue weighted by Gasteiger charge is -2.02. The lowest BCUT2D eigenvalue weighted by atomic mass is 10.2. The third-order valence-electron chi connectivity index (χ3n) is 1.30. The molecule has 5 heteroatoms. The van der Waals surface area contributed by atoms with Gasteiger partial charge in [-0.1, -0.05) is 0 Å². The molecule has 1 aromatic carbocycles. The lowest BCUT2D eigenvalue weighted by molar-refractivity contribution is 0.0695. The molecular weight excluding hydrogens is 276 g/mol. The van der Waals surface area contributed by atoms with Crippen LogP contribution in [0.25, 0.3) is 0 Å². The molecule has 0 fully saturated rings. The maximum atomic E-state index is 12.6. The van der Waals surface area contributed by atoms with Crippen LogP contribution in [-0.4, -0.2) is 11.1 Å². The molecule has 64 valence electrons. The van der Waals surface area contributed by atoms with E-state index < -0.39 is 11.8 Å². The van der Waals surface area contributed by atoms with Crippen LogP contribution in [0.15, 0.2) is 12.1 Å². The van der Waals surface area contributed by atoms with E-state index in [2.05, 4.69) is 0 Å². The van der Waals surface area contributed by atoms with Crippen molar-refractivity contribution < 1.29 is 14.3 Å². The number of carboxylic acids is 1. The van der Waals surface area contributed by atoms with Gasteiger partial charge in [0.15, 0.2) is 0 Å². The van der Waals surface area contributed by atoms with Crippen molar-refractivity contribution in [3.8, 4) is 0 Å². The van der Waals surface area contributed by atoms with Gasteiger partial charge >= 0.3 is 5.97 Å². The number of nitrogens with two attached hydrogens (primary N) is 1. The van der Waals surface area contributed by atoms with Gasteiger partial charge in [0, 0.05) is 5.69 Å². The summed E-state index contributed by atoms with van der Waals surface area (Å²) in [5.41, 5.74) is 5.39. The first-order valence-corrected chi connectivity index (χ1v) is 4.08. The van der Waals surface area contributed by atoms with E-state index in [0.29, 0.717) is 3.57 Å². The molecule has 0 aromatic heterocycles. The molecule has 0 unspecified atom stereocenters. The number of anilines is 1. The lowest BCUT2D eigenvalue weighted by Crippen LogP contribution is -2.03. The zero-order valence-electron chi connectivity index (χ0n) is 5.84. The van der Waals surface area contributed by atoms with E-state index in [9.17, 15) is 9.18 Å². The van der Waals surface area contributed by atoms with Gasteiger partial charge in [-0.2, -0.15) is 0 Å². The van der Waals surface area contributed by atoms with Gasteiger partial charge in [-0.15, -0.1) is 0 Å². The molecule has 3 nitrogen and oxygen atoms in total. The molecule has 1 aromatic rings. The predicted octanol–water partition coefficient (Wildman–Crippen LogP) is 1.71. The number of rotatable bonds is 1. The summed E-state index contributed by atoms with van der Waals surface area (Å²) in [6.45, 7) is 0. The van der Waals surface area contributed by atoms with E-state index in [-0.39, 0.29) is 11.3 Å². The monoisotopic (exact) mass is 281 g/mol. The second-order valence-corrected chi connectivity index (χ2v) is 3.24. The van der Waals surface area contributed by atoms with Crippen molar-refractivity contribution in [3.63, 3.8) is 0 Å². The molecule has 1 rings (SSSR count). The fourth-order valence-electron chi connectivity index (χ4n) is 0.766. The molecule has 0 aliphatic rings. The highest BCUT2D eigenvalue weighted by Crippen LogP contribution is 2.21. The molecule has 12 heavy (non-hydrogen) atoms. The Kier molecular flexibility index (Phi) is 2.51. The summed E-state index contributed by atoms with van der Waals surface area (Å²) in [5, 5.41) is 8.59. The number of benzene rings is 1. The van der Waals surface area contributed by atoms with Crippen LogP contribution < -0.4 is 5.73 Å². The van der Waals surface area contributed by atoms with E-state index in [0.717, 1.165) is 12.1 Å². The molecular formula is C7H5FINO2. The summed E-state index contributed by atoms with van der Waals surface area (Å²) in [6.07, 6.45) is 0. The number of carbonyl (C=O) groups is 1. The number of halogens is 2. The molecule has 3 N–H and O–H groups in total. The molecule has 0 atom stereocenters. The van der Waals surface area contributed by atoms with E-state index in [1.165, 1.54) is 0 Å². The Morgan fingerprint density at radius 1 is 1.58 bits per heavy atom. The van der Waals surface area contributed by atoms with Crippen molar-refractivity contribution in [2.75, 3.05) is 5.73 Å². The summed E-state index contributed by atoms with van der Waals surface area (Å²) in [7, 11) is 0. The summed E-state index contributed by atoms with van der Waals surface area (Å²) in [6, 6.07) is 2.04. The zero-order valence-corrected chi connectivity index (χ0v) is 8.00. The van der Waals surface area contributed by atoms with Crippen LogP contribution in [0, 0.1) is 9.39 Å². The van der Waals surface area contributed by atoms with Crippen molar-refractivity contribution in [3.05, 3.63) is 27.1 Å². The SMILES string of the molecule is Nc1cc(F)cc(C(=O)O)c1I. The molecule has 0 radical (unpaired) electrons. The van der Waals surface area contributed by atoms with Crippen LogP contribution in [0.3, 0.4) is 0 Å². The largest absolute Gasteiger partial charge is 0.478 e. The normalized spacial score (nSPS) is 9.83. The Hall–Kier alpha value is -0.850. The van der Waals surface area contributed by atoms with Crippen LogP contribution in [0.2, 0.25) is 0 Å². The van der Waals surface area contributed by atoms with Crippen LogP contribution >= 0.6 is 22.6 Å². The van der Waals surface area contributed by atoms with Gasteiger partial charge in [-0.25, -0.2) is 9.18 Å². The van der Waals surface area contributed by atoms with Crippen LogP contribution in [-0.2, 0) is 0 Å². The minimum atomic E-state index is -1.18. The number of hydrogen-bond donors (Lipinski definition) is 2. The first-order chi connectivity index (χ1) is 5.52. The maximum absolute atomic E-state index is 12.6. The van der Waals surface area contributed by atoms with Crippen molar-refractivity contribution in [1.82, 2.24) is 0 Å². The van der Waals surface area contributed by atoms with Gasteiger partial charge in [0.2, 0.25) is 0 Å². The van der Waals surface area contributed by atoms with Crippen molar-refractivity contribution in [1.29, 1.82) is 0 Å². The van der Waals surface area contributed by atoms with Crippen molar-refractivity contribution >= 4 is 34.2 Å². The van der Waals surface area contributed by atoms with Crippen LogP contribution in [0.1, 0.15) is 10.4 Å². The Bertz CT molecular complexity index is 340. The Morgan fingerprint density at radius 3 is 2.67 bits per heavy atom. The summed E-state index contributed by atoms with van der Waals surface area (Å²) in [4.78, 5) is 10.5. The van der Waals surface area contributed by atoms with Gasteiger partial charge < -0.3 is 10.8 Å². The topological polar surface area (TPSA) is 63.3 Å². The second-order valence-electron chi connectivity index (χ2n) is 2.16. The van der Waals surface area contributed by atoms with Crippen LogP contribution in [0.5, 0.6) is 0 Å². The van der Waals surface area contributed by atoms with Crippen molar-refractivity contribution in [2.24, 2.45) is 0 Å². The van der Waals surface area contributed by atoms with Gasteiger partial charge in [0.25, 0.3) is 0 Å². The van der Waals surface area contributed by atoms with Gasteiger partial charge in [-0.05, 0) is 34.7 Å². The van der Waals surface area contributed by atoms with Crippen molar-refractivity contribution in [2.45, 2.75) is 0 Å². The third kappa shape index (κ3) is 1.66. The summed E-state index contributed by atoms with van der Waals surface area (Å²) in [5.74, 6) is -1.81. The summed E-state index contributed by atoms with van der Waals surface area (Å²) >= 11 is 1.76. The smallest absolute Gasteiger partial charge is 0.336 e. The number of hydrogen-bond acceptors (Lipinski definition) is 2. The highest BCUT2D eigenvalue weighted by molar-refractivity contribution is 14.1. The molecule has 0 heterocycles. The van der Waals surface area contributed by atoms with E-state index in [1.807, 2.05) is 0 Å². The van der Waals surface area contributed by atoms with E-state index in [1.54, 1.807) is 22.6 Å². The third-order valence-corrected chi connectivity index (χ3v) is 2.50. The average Bonchev–Trinajstić information content (AvgIpc) is 1.96.